The van der Waals surface area contributed by atoms with Crippen molar-refractivity contribution in [1.29, 1.82) is 0 Å². The number of fused-ring (bicyclic) bond motifs is 1. The fourth-order valence-electron chi connectivity index (χ4n) is 3.55. The van der Waals surface area contributed by atoms with Crippen LogP contribution in [0.25, 0.3) is 0 Å². The highest BCUT2D eigenvalue weighted by molar-refractivity contribution is 7.89. The first-order valence-electron chi connectivity index (χ1n) is 8.45. The monoisotopic (exact) mass is 381 g/mol. The van der Waals surface area contributed by atoms with Crippen molar-refractivity contribution in [2.45, 2.75) is 29.7 Å². The number of carbonyl (C=O) groups excluding carboxylic acids is 2. The Morgan fingerprint density at radius 1 is 1.12 bits per heavy atom. The fraction of sp³-hybridized carbons (Fsp3) is 0.500. The van der Waals surface area contributed by atoms with E-state index in [1.165, 1.54) is 10.4 Å². The van der Waals surface area contributed by atoms with Crippen molar-refractivity contribution in [3.63, 3.8) is 0 Å². The predicted octanol–water partition coefficient (Wildman–Crippen LogP) is 0.211. The topological polar surface area (TPSA) is 114 Å². The van der Waals surface area contributed by atoms with Gasteiger partial charge in [0.1, 0.15) is 10.4 Å². The molecular formula is C16H19N3O6S. The van der Waals surface area contributed by atoms with Gasteiger partial charge in [0.25, 0.3) is 5.91 Å². The van der Waals surface area contributed by atoms with Crippen LogP contribution in [-0.4, -0.2) is 56.5 Å². The highest BCUT2D eigenvalue weighted by atomic mass is 32.2. The Morgan fingerprint density at radius 3 is 2.69 bits per heavy atom. The molecule has 1 spiro atoms. The molecule has 4 rings (SSSR count). The summed E-state index contributed by atoms with van der Waals surface area (Å²) >= 11 is 0. The number of amides is 3. The minimum Gasteiger partial charge on any atom is -0.490 e. The standard InChI is InChI=1S/C16H19N3O6S/c20-14-16(18-15(21)17-14)6-2-7-19(10-16)26(22,23)12-5-1-4-11-13(12)25-9-3-8-24-11/h1,4-5H,2-3,6-10H2,(H2,17,18,20,21). The third kappa shape index (κ3) is 2.69. The van der Waals surface area contributed by atoms with Crippen LogP contribution < -0.4 is 20.1 Å². The van der Waals surface area contributed by atoms with Crippen LogP contribution in [0.15, 0.2) is 23.1 Å². The normalized spacial score (nSPS) is 26.3. The largest absolute Gasteiger partial charge is 0.490 e. The predicted molar refractivity (Wildman–Crippen MR) is 89.4 cm³/mol. The second-order valence-electron chi connectivity index (χ2n) is 6.57. The quantitative estimate of drug-likeness (QED) is 0.708. The first kappa shape index (κ1) is 17.1. The summed E-state index contributed by atoms with van der Waals surface area (Å²) in [7, 11) is -3.93. The van der Waals surface area contributed by atoms with Crippen LogP contribution in [0.5, 0.6) is 11.5 Å². The molecule has 9 nitrogen and oxygen atoms in total. The third-order valence-electron chi connectivity index (χ3n) is 4.83. The van der Waals surface area contributed by atoms with Crippen LogP contribution in [-0.2, 0) is 14.8 Å². The molecule has 1 aromatic carbocycles. The fourth-order valence-corrected chi connectivity index (χ4v) is 5.23. The van der Waals surface area contributed by atoms with Gasteiger partial charge in [0.2, 0.25) is 10.0 Å². The maximum Gasteiger partial charge on any atom is 0.322 e. The van der Waals surface area contributed by atoms with E-state index in [0.29, 0.717) is 38.2 Å². The summed E-state index contributed by atoms with van der Waals surface area (Å²) in [6.07, 6.45) is 1.51. The lowest BCUT2D eigenvalue weighted by Gasteiger charge is -2.37. The second-order valence-corrected chi connectivity index (χ2v) is 8.47. The zero-order valence-corrected chi connectivity index (χ0v) is 14.8. The number of para-hydroxylation sites is 1. The summed E-state index contributed by atoms with van der Waals surface area (Å²) in [6, 6.07) is 4.14. The van der Waals surface area contributed by atoms with Crippen molar-refractivity contribution in [2.75, 3.05) is 26.3 Å². The molecule has 1 unspecified atom stereocenters. The van der Waals surface area contributed by atoms with Crippen molar-refractivity contribution >= 4 is 22.0 Å². The van der Waals surface area contributed by atoms with Crippen LogP contribution in [0, 0.1) is 0 Å². The number of sulfonamides is 1. The van der Waals surface area contributed by atoms with E-state index < -0.39 is 27.5 Å². The molecule has 10 heteroatoms. The van der Waals surface area contributed by atoms with Crippen molar-refractivity contribution < 1.29 is 27.5 Å². The lowest BCUT2D eigenvalue weighted by atomic mass is 9.90. The van der Waals surface area contributed by atoms with Crippen LogP contribution in [0.1, 0.15) is 19.3 Å². The van der Waals surface area contributed by atoms with E-state index in [-0.39, 0.29) is 23.7 Å². The summed E-state index contributed by atoms with van der Waals surface area (Å²) in [4.78, 5) is 23.7. The van der Waals surface area contributed by atoms with Crippen molar-refractivity contribution in [3.05, 3.63) is 18.2 Å². The molecule has 26 heavy (non-hydrogen) atoms. The average Bonchev–Trinajstić information content (AvgIpc) is 2.79. The van der Waals surface area contributed by atoms with E-state index in [1.807, 2.05) is 0 Å². The summed E-state index contributed by atoms with van der Waals surface area (Å²) in [6.45, 7) is 0.965. The number of imide groups is 1. The Kier molecular flexibility index (Phi) is 4.03. The maximum absolute atomic E-state index is 13.2. The molecule has 1 atom stereocenters. The third-order valence-corrected chi connectivity index (χ3v) is 6.69. The van der Waals surface area contributed by atoms with E-state index in [2.05, 4.69) is 10.6 Å². The molecule has 2 N–H and O–H groups in total. The van der Waals surface area contributed by atoms with Gasteiger partial charge in [0.15, 0.2) is 11.5 Å². The molecule has 0 aliphatic carbocycles. The zero-order valence-electron chi connectivity index (χ0n) is 14.0. The summed E-state index contributed by atoms with van der Waals surface area (Å²) in [5, 5.41) is 4.78. The number of ether oxygens (including phenoxy) is 2. The zero-order chi connectivity index (χ0) is 18.4. The van der Waals surface area contributed by atoms with Crippen molar-refractivity contribution in [2.24, 2.45) is 0 Å². The minimum atomic E-state index is -3.93. The first-order valence-corrected chi connectivity index (χ1v) is 9.89. The van der Waals surface area contributed by atoms with Gasteiger partial charge in [-0.1, -0.05) is 6.07 Å². The molecule has 2 saturated heterocycles. The lowest BCUT2D eigenvalue weighted by molar-refractivity contribution is -0.125. The van der Waals surface area contributed by atoms with Crippen molar-refractivity contribution in [1.82, 2.24) is 14.9 Å². The number of hydrogen-bond acceptors (Lipinski definition) is 6. The summed E-state index contributed by atoms with van der Waals surface area (Å²) < 4.78 is 38.9. The first-order chi connectivity index (χ1) is 12.4. The SMILES string of the molecule is O=C1NC(=O)C2(CCCN(S(=O)(=O)c3cccc4c3OCCCO4)C2)N1. The summed E-state index contributed by atoms with van der Waals surface area (Å²) in [5.74, 6) is 0.0978. The van der Waals surface area contributed by atoms with Crippen molar-refractivity contribution in [3.8, 4) is 11.5 Å². The van der Waals surface area contributed by atoms with E-state index in [4.69, 9.17) is 9.47 Å². The van der Waals surface area contributed by atoms with Gasteiger partial charge in [-0.2, -0.15) is 4.31 Å². The van der Waals surface area contributed by atoms with E-state index >= 15 is 0 Å². The van der Waals surface area contributed by atoms with Gasteiger partial charge < -0.3 is 14.8 Å². The number of rotatable bonds is 2. The van der Waals surface area contributed by atoms with E-state index in [0.717, 1.165) is 0 Å². The summed E-state index contributed by atoms with van der Waals surface area (Å²) in [5.41, 5.74) is -1.22. The number of piperidine rings is 1. The molecular weight excluding hydrogens is 362 g/mol. The van der Waals surface area contributed by atoms with Gasteiger partial charge in [-0.15, -0.1) is 0 Å². The minimum absolute atomic E-state index is 0.0127. The van der Waals surface area contributed by atoms with Gasteiger partial charge in [-0.3, -0.25) is 10.1 Å². The molecule has 0 radical (unpaired) electrons. The van der Waals surface area contributed by atoms with Crippen LogP contribution in [0.2, 0.25) is 0 Å². The van der Waals surface area contributed by atoms with Gasteiger partial charge in [-0.05, 0) is 25.0 Å². The van der Waals surface area contributed by atoms with Gasteiger partial charge in [0.05, 0.1) is 13.2 Å². The second kappa shape index (κ2) is 6.13. The molecule has 1 aromatic rings. The Balaban J connectivity index is 1.69. The van der Waals surface area contributed by atoms with E-state index in [1.54, 1.807) is 12.1 Å². The maximum atomic E-state index is 13.2. The molecule has 140 valence electrons. The van der Waals surface area contributed by atoms with Crippen LogP contribution >= 0.6 is 0 Å². The average molecular weight is 381 g/mol. The smallest absolute Gasteiger partial charge is 0.322 e. The Hall–Kier alpha value is -2.33. The molecule has 0 saturated carbocycles. The van der Waals surface area contributed by atoms with Crippen LogP contribution in [0.4, 0.5) is 4.79 Å². The highest BCUT2D eigenvalue weighted by Crippen LogP contribution is 2.38. The number of benzene rings is 1. The molecule has 2 fully saturated rings. The molecule has 3 amide bonds. The van der Waals surface area contributed by atoms with Gasteiger partial charge in [0, 0.05) is 19.5 Å². The van der Waals surface area contributed by atoms with Gasteiger partial charge >= 0.3 is 6.03 Å². The van der Waals surface area contributed by atoms with Crippen LogP contribution in [0.3, 0.4) is 0 Å². The molecule has 3 aliphatic rings. The Labute approximate surface area is 150 Å². The molecule has 0 aromatic heterocycles. The Morgan fingerprint density at radius 2 is 1.92 bits per heavy atom. The number of hydrogen-bond donors (Lipinski definition) is 2. The van der Waals surface area contributed by atoms with Gasteiger partial charge in [-0.25, -0.2) is 13.2 Å². The Bertz CT molecular complexity index is 871. The molecule has 3 aliphatic heterocycles. The lowest BCUT2D eigenvalue weighted by Crippen LogP contribution is -2.59. The molecule has 0 bridgehead atoms. The van der Waals surface area contributed by atoms with E-state index in [9.17, 15) is 18.0 Å². The number of nitrogens with one attached hydrogen (secondary N) is 2. The molecule has 3 heterocycles. The highest BCUT2D eigenvalue weighted by Gasteiger charge is 2.51. The number of urea groups is 1. The number of nitrogens with zero attached hydrogens (tertiary/aromatic N) is 1. The number of carbonyl (C=O) groups is 2.